The van der Waals surface area contributed by atoms with Gasteiger partial charge in [0.05, 0.1) is 0 Å². The van der Waals surface area contributed by atoms with Crippen molar-refractivity contribution >= 4 is 22.1 Å². The monoisotopic (exact) mass is 270 g/mol. The molecule has 0 atom stereocenters. The number of fused-ring (bicyclic) bond motifs is 1. The first-order valence-corrected chi connectivity index (χ1v) is 7.80. The molecule has 0 aromatic heterocycles. The molecule has 0 saturated heterocycles. The van der Waals surface area contributed by atoms with Crippen molar-refractivity contribution in [1.29, 1.82) is 0 Å². The Morgan fingerprint density at radius 3 is 2.10 bits per heavy atom. The number of hydrogen-bond donors (Lipinski definition) is 1. The van der Waals surface area contributed by atoms with E-state index in [1.165, 1.54) is 42.1 Å². The van der Waals surface area contributed by atoms with Gasteiger partial charge in [0.25, 0.3) is 0 Å². The lowest BCUT2D eigenvalue weighted by Gasteiger charge is -2.26. The number of nitrogens with zero attached hydrogens (tertiary/aromatic N) is 1. The van der Waals surface area contributed by atoms with Crippen LogP contribution in [0.1, 0.15) is 39.5 Å². The summed E-state index contributed by atoms with van der Waals surface area (Å²) in [6.45, 7) is 6.76. The van der Waals surface area contributed by atoms with Crippen LogP contribution >= 0.6 is 0 Å². The maximum atomic E-state index is 6.11. The minimum Gasteiger partial charge on any atom is -0.398 e. The highest BCUT2D eigenvalue weighted by Crippen LogP contribution is 2.30. The second-order valence-electron chi connectivity index (χ2n) is 5.41. The minimum atomic E-state index is 0.871. The van der Waals surface area contributed by atoms with Crippen molar-refractivity contribution in [3.63, 3.8) is 0 Å². The van der Waals surface area contributed by atoms with Crippen LogP contribution in [-0.4, -0.2) is 13.1 Å². The highest BCUT2D eigenvalue weighted by molar-refractivity contribution is 6.00. The Morgan fingerprint density at radius 2 is 1.45 bits per heavy atom. The van der Waals surface area contributed by atoms with Crippen LogP contribution in [0.5, 0.6) is 0 Å². The van der Waals surface area contributed by atoms with Gasteiger partial charge in [-0.25, -0.2) is 0 Å². The zero-order valence-corrected chi connectivity index (χ0v) is 12.7. The maximum Gasteiger partial charge on any atom is 0.0446 e. The van der Waals surface area contributed by atoms with E-state index in [0.717, 1.165) is 18.8 Å². The van der Waals surface area contributed by atoms with Gasteiger partial charge >= 0.3 is 0 Å². The Kier molecular flexibility index (Phi) is 5.28. The van der Waals surface area contributed by atoms with E-state index in [1.807, 2.05) is 6.07 Å². The molecule has 0 bridgehead atoms. The van der Waals surface area contributed by atoms with E-state index in [0.29, 0.717) is 0 Å². The van der Waals surface area contributed by atoms with Crippen LogP contribution < -0.4 is 10.6 Å². The highest BCUT2D eigenvalue weighted by Gasteiger charge is 2.10. The number of anilines is 2. The lowest BCUT2D eigenvalue weighted by molar-refractivity contribution is 0.679. The van der Waals surface area contributed by atoms with E-state index in [-0.39, 0.29) is 0 Å². The molecule has 2 aromatic carbocycles. The Balaban J connectivity index is 2.38. The standard InChI is InChI=1S/C18H26N2/c1-3-5-13-20(14-6-4-2)18-12-8-9-15-16(18)10-7-11-17(15)19/h7-12H,3-6,13-14,19H2,1-2H3. The van der Waals surface area contributed by atoms with Crippen molar-refractivity contribution in [3.8, 4) is 0 Å². The van der Waals surface area contributed by atoms with Crippen molar-refractivity contribution in [2.75, 3.05) is 23.7 Å². The van der Waals surface area contributed by atoms with Crippen LogP contribution in [0.2, 0.25) is 0 Å². The molecular formula is C18H26N2. The van der Waals surface area contributed by atoms with Gasteiger partial charge in [0.2, 0.25) is 0 Å². The van der Waals surface area contributed by atoms with E-state index in [4.69, 9.17) is 5.73 Å². The Morgan fingerprint density at radius 1 is 0.850 bits per heavy atom. The van der Waals surface area contributed by atoms with Crippen molar-refractivity contribution in [2.45, 2.75) is 39.5 Å². The minimum absolute atomic E-state index is 0.871. The maximum absolute atomic E-state index is 6.11. The third-order valence-electron chi connectivity index (χ3n) is 3.84. The van der Waals surface area contributed by atoms with Crippen LogP contribution in [0.15, 0.2) is 36.4 Å². The SMILES string of the molecule is CCCCN(CCCC)c1cccc2c(N)cccc12. The second-order valence-corrected chi connectivity index (χ2v) is 5.41. The molecule has 0 radical (unpaired) electrons. The molecule has 0 spiro atoms. The van der Waals surface area contributed by atoms with E-state index >= 15 is 0 Å². The largest absolute Gasteiger partial charge is 0.398 e. The summed E-state index contributed by atoms with van der Waals surface area (Å²) in [6, 6.07) is 12.7. The lowest BCUT2D eigenvalue weighted by Crippen LogP contribution is -2.25. The summed E-state index contributed by atoms with van der Waals surface area (Å²) in [4.78, 5) is 2.52. The average Bonchev–Trinajstić information content (AvgIpc) is 2.48. The van der Waals surface area contributed by atoms with Gasteiger partial charge in [-0.05, 0) is 25.0 Å². The van der Waals surface area contributed by atoms with Gasteiger partial charge in [-0.15, -0.1) is 0 Å². The first kappa shape index (κ1) is 14.7. The fourth-order valence-electron chi connectivity index (χ4n) is 2.64. The summed E-state index contributed by atoms with van der Waals surface area (Å²) >= 11 is 0. The molecule has 0 saturated carbocycles. The predicted molar refractivity (Wildman–Crippen MR) is 90.4 cm³/mol. The van der Waals surface area contributed by atoms with Crippen molar-refractivity contribution < 1.29 is 0 Å². The van der Waals surface area contributed by atoms with E-state index < -0.39 is 0 Å². The van der Waals surface area contributed by atoms with Crippen molar-refractivity contribution in [2.24, 2.45) is 0 Å². The van der Waals surface area contributed by atoms with Gasteiger partial charge in [0.1, 0.15) is 0 Å². The van der Waals surface area contributed by atoms with Gasteiger partial charge in [-0.2, -0.15) is 0 Å². The number of unbranched alkanes of at least 4 members (excludes halogenated alkanes) is 2. The van der Waals surface area contributed by atoms with Gasteiger partial charge < -0.3 is 10.6 Å². The molecule has 2 aromatic rings. The molecule has 0 amide bonds. The predicted octanol–water partition coefficient (Wildman–Crippen LogP) is 4.83. The molecule has 2 N–H and O–H groups in total. The van der Waals surface area contributed by atoms with E-state index in [2.05, 4.69) is 49.1 Å². The second kappa shape index (κ2) is 7.18. The molecule has 2 nitrogen and oxygen atoms in total. The summed E-state index contributed by atoms with van der Waals surface area (Å²) in [7, 11) is 0. The van der Waals surface area contributed by atoms with Crippen molar-refractivity contribution in [1.82, 2.24) is 0 Å². The van der Waals surface area contributed by atoms with Gasteiger partial charge in [0.15, 0.2) is 0 Å². The van der Waals surface area contributed by atoms with Gasteiger partial charge in [0, 0.05) is 35.2 Å². The third-order valence-corrected chi connectivity index (χ3v) is 3.84. The molecule has 0 aliphatic rings. The molecule has 0 aliphatic carbocycles. The molecule has 2 rings (SSSR count). The summed E-state index contributed by atoms with van der Waals surface area (Å²) in [5, 5.41) is 2.45. The van der Waals surface area contributed by atoms with Crippen molar-refractivity contribution in [3.05, 3.63) is 36.4 Å². The molecule has 0 aliphatic heterocycles. The summed E-state index contributed by atoms with van der Waals surface area (Å²) < 4.78 is 0. The molecule has 2 heteroatoms. The topological polar surface area (TPSA) is 29.3 Å². The molecule has 108 valence electrons. The molecule has 0 fully saturated rings. The van der Waals surface area contributed by atoms with Gasteiger partial charge in [-0.1, -0.05) is 51.0 Å². The first-order valence-electron chi connectivity index (χ1n) is 7.80. The van der Waals surface area contributed by atoms with Crippen LogP contribution in [0.3, 0.4) is 0 Å². The average molecular weight is 270 g/mol. The summed E-state index contributed by atoms with van der Waals surface area (Å²) in [5.74, 6) is 0. The third kappa shape index (κ3) is 3.24. The quantitative estimate of drug-likeness (QED) is 0.730. The fraction of sp³-hybridized carbons (Fsp3) is 0.444. The van der Waals surface area contributed by atoms with Gasteiger partial charge in [-0.3, -0.25) is 0 Å². The number of nitrogen functional groups attached to an aromatic ring is 1. The van der Waals surface area contributed by atoms with Crippen LogP contribution in [0.4, 0.5) is 11.4 Å². The van der Waals surface area contributed by atoms with Crippen LogP contribution in [0.25, 0.3) is 10.8 Å². The number of benzene rings is 2. The van der Waals surface area contributed by atoms with Crippen LogP contribution in [0, 0.1) is 0 Å². The molecule has 0 unspecified atom stereocenters. The number of hydrogen-bond acceptors (Lipinski definition) is 2. The van der Waals surface area contributed by atoms with Crippen LogP contribution in [-0.2, 0) is 0 Å². The zero-order valence-electron chi connectivity index (χ0n) is 12.7. The van der Waals surface area contributed by atoms with E-state index in [1.54, 1.807) is 0 Å². The Hall–Kier alpha value is -1.70. The Labute approximate surface area is 122 Å². The summed E-state index contributed by atoms with van der Waals surface area (Å²) in [5.41, 5.74) is 8.31. The normalized spacial score (nSPS) is 10.9. The smallest absolute Gasteiger partial charge is 0.0446 e. The highest BCUT2D eigenvalue weighted by atomic mass is 15.1. The molecule has 0 heterocycles. The fourth-order valence-corrected chi connectivity index (χ4v) is 2.64. The summed E-state index contributed by atoms with van der Waals surface area (Å²) in [6.07, 6.45) is 4.94. The van der Waals surface area contributed by atoms with E-state index in [9.17, 15) is 0 Å². The first-order chi connectivity index (χ1) is 9.77. The number of nitrogens with two attached hydrogens (primary N) is 1. The Bertz CT molecular complexity index is 540. The number of rotatable bonds is 7. The lowest BCUT2D eigenvalue weighted by atomic mass is 10.1. The molecular weight excluding hydrogens is 244 g/mol. The zero-order chi connectivity index (χ0) is 14.4. The molecule has 20 heavy (non-hydrogen) atoms.